The molecular formula is C19H22ClNO5. The molecule has 2 rings (SSSR count). The number of amides is 1. The van der Waals surface area contributed by atoms with Gasteiger partial charge < -0.3 is 25.0 Å². The zero-order chi connectivity index (χ0) is 18.9. The van der Waals surface area contributed by atoms with Gasteiger partial charge in [-0.1, -0.05) is 48.0 Å². The molecule has 1 amide bonds. The molecule has 0 spiro atoms. The smallest absolute Gasteiger partial charge is 0.407 e. The van der Waals surface area contributed by atoms with Crippen molar-refractivity contribution in [1.82, 2.24) is 5.32 Å². The summed E-state index contributed by atoms with van der Waals surface area (Å²) >= 11 is 6.09. The fraction of sp³-hybridized carbons (Fsp3) is 0.316. The first-order valence-corrected chi connectivity index (χ1v) is 8.53. The van der Waals surface area contributed by atoms with Gasteiger partial charge in [0.1, 0.15) is 18.5 Å². The molecule has 140 valence electrons. The van der Waals surface area contributed by atoms with Crippen molar-refractivity contribution in [1.29, 1.82) is 0 Å². The first-order chi connectivity index (χ1) is 12.5. The number of hydrogen-bond acceptors (Lipinski definition) is 5. The standard InChI is InChI=1S/C19H22ClNO5/c1-25-14-7-8-15(16(20)11-14)18(23)17(22)9-10-21-19(24)26-12-13-5-3-2-4-6-13/h2-8,11,17-18,22-23H,9-10,12H2,1H3,(H,21,24). The number of alkyl carbamates (subject to hydrolysis) is 1. The molecule has 2 unspecified atom stereocenters. The number of hydrogen-bond donors (Lipinski definition) is 3. The van der Waals surface area contributed by atoms with E-state index in [1.54, 1.807) is 18.2 Å². The lowest BCUT2D eigenvalue weighted by molar-refractivity contribution is 0.0136. The maximum atomic E-state index is 11.6. The van der Waals surface area contributed by atoms with E-state index in [1.807, 2.05) is 30.3 Å². The van der Waals surface area contributed by atoms with E-state index in [4.69, 9.17) is 21.1 Å². The Kier molecular flexibility index (Phi) is 7.72. The number of benzene rings is 2. The summed E-state index contributed by atoms with van der Waals surface area (Å²) in [6.07, 6.45) is -2.70. The first-order valence-electron chi connectivity index (χ1n) is 8.15. The molecule has 0 saturated carbocycles. The van der Waals surface area contributed by atoms with Gasteiger partial charge in [-0.2, -0.15) is 0 Å². The fourth-order valence-corrected chi connectivity index (χ4v) is 2.62. The van der Waals surface area contributed by atoms with E-state index in [1.165, 1.54) is 7.11 Å². The molecule has 26 heavy (non-hydrogen) atoms. The van der Waals surface area contributed by atoms with Gasteiger partial charge in [0, 0.05) is 12.1 Å². The summed E-state index contributed by atoms with van der Waals surface area (Å²) in [6.45, 7) is 0.318. The van der Waals surface area contributed by atoms with Crippen LogP contribution in [0.1, 0.15) is 23.7 Å². The second-order valence-electron chi connectivity index (χ2n) is 5.68. The van der Waals surface area contributed by atoms with Crippen LogP contribution in [0.25, 0.3) is 0 Å². The van der Waals surface area contributed by atoms with Gasteiger partial charge in [-0.3, -0.25) is 0 Å². The van der Waals surface area contributed by atoms with E-state index in [2.05, 4.69) is 5.32 Å². The molecule has 0 bridgehead atoms. The van der Waals surface area contributed by atoms with Crippen LogP contribution in [0.4, 0.5) is 4.79 Å². The average Bonchev–Trinajstić information content (AvgIpc) is 2.66. The van der Waals surface area contributed by atoms with Gasteiger partial charge in [-0.05, 0) is 24.1 Å². The van der Waals surface area contributed by atoms with Crippen LogP contribution in [-0.2, 0) is 11.3 Å². The second-order valence-corrected chi connectivity index (χ2v) is 6.08. The van der Waals surface area contributed by atoms with Gasteiger partial charge in [0.15, 0.2) is 0 Å². The highest BCUT2D eigenvalue weighted by Gasteiger charge is 2.21. The SMILES string of the molecule is COc1ccc(C(O)C(O)CCNC(=O)OCc2ccccc2)c(Cl)c1. The van der Waals surface area contributed by atoms with Crippen LogP contribution in [0.2, 0.25) is 5.02 Å². The maximum Gasteiger partial charge on any atom is 0.407 e. The highest BCUT2D eigenvalue weighted by atomic mass is 35.5. The van der Waals surface area contributed by atoms with E-state index in [9.17, 15) is 15.0 Å². The van der Waals surface area contributed by atoms with Crippen LogP contribution in [0.5, 0.6) is 5.75 Å². The van der Waals surface area contributed by atoms with E-state index in [-0.39, 0.29) is 19.6 Å². The van der Waals surface area contributed by atoms with E-state index < -0.39 is 18.3 Å². The monoisotopic (exact) mass is 379 g/mol. The number of carbonyl (C=O) groups excluding carboxylic acids is 1. The van der Waals surface area contributed by atoms with Gasteiger partial charge in [0.05, 0.1) is 18.2 Å². The minimum Gasteiger partial charge on any atom is -0.497 e. The zero-order valence-electron chi connectivity index (χ0n) is 14.4. The maximum absolute atomic E-state index is 11.6. The summed E-state index contributed by atoms with van der Waals surface area (Å²) in [6, 6.07) is 14.1. The van der Waals surface area contributed by atoms with Gasteiger partial charge in [0.25, 0.3) is 0 Å². The number of aliphatic hydroxyl groups excluding tert-OH is 2. The average molecular weight is 380 g/mol. The zero-order valence-corrected chi connectivity index (χ0v) is 15.1. The Morgan fingerprint density at radius 1 is 1.19 bits per heavy atom. The Labute approximate surface area is 157 Å². The van der Waals surface area contributed by atoms with Gasteiger partial charge in [-0.15, -0.1) is 0 Å². The summed E-state index contributed by atoms with van der Waals surface area (Å²) in [4.78, 5) is 11.6. The van der Waals surface area contributed by atoms with Crippen LogP contribution < -0.4 is 10.1 Å². The normalized spacial score (nSPS) is 12.9. The van der Waals surface area contributed by atoms with Gasteiger partial charge in [0.2, 0.25) is 0 Å². The molecule has 0 aliphatic heterocycles. The van der Waals surface area contributed by atoms with E-state index >= 15 is 0 Å². The van der Waals surface area contributed by atoms with Crippen molar-refractivity contribution in [2.24, 2.45) is 0 Å². The summed E-state index contributed by atoms with van der Waals surface area (Å²) in [7, 11) is 1.51. The third kappa shape index (κ3) is 5.91. The molecular weight excluding hydrogens is 358 g/mol. The van der Waals surface area contributed by atoms with Crippen LogP contribution in [-0.4, -0.2) is 36.1 Å². The molecule has 6 nitrogen and oxygen atoms in total. The number of ether oxygens (including phenoxy) is 2. The van der Waals surface area contributed by atoms with Crippen molar-refractivity contribution in [2.45, 2.75) is 25.2 Å². The lowest BCUT2D eigenvalue weighted by Crippen LogP contribution is -2.29. The minimum atomic E-state index is -1.17. The minimum absolute atomic E-state index is 0.143. The highest BCUT2D eigenvalue weighted by molar-refractivity contribution is 6.31. The number of aliphatic hydroxyl groups is 2. The lowest BCUT2D eigenvalue weighted by atomic mass is 10.0. The van der Waals surface area contributed by atoms with Crippen molar-refractivity contribution in [3.8, 4) is 5.75 Å². The molecule has 0 saturated heterocycles. The Bertz CT molecular complexity index is 710. The van der Waals surface area contributed by atoms with Crippen LogP contribution in [0.3, 0.4) is 0 Å². The molecule has 2 aromatic rings. The molecule has 7 heteroatoms. The number of rotatable bonds is 8. The summed E-state index contributed by atoms with van der Waals surface area (Å²) in [5, 5.41) is 23.2. The van der Waals surface area contributed by atoms with E-state index in [0.29, 0.717) is 16.3 Å². The summed E-state index contributed by atoms with van der Waals surface area (Å²) in [5.74, 6) is 0.559. The molecule has 2 atom stereocenters. The number of methoxy groups -OCH3 is 1. The van der Waals surface area contributed by atoms with Gasteiger partial charge in [-0.25, -0.2) is 4.79 Å². The Morgan fingerprint density at radius 3 is 2.58 bits per heavy atom. The molecule has 2 aromatic carbocycles. The molecule has 0 aliphatic carbocycles. The predicted octanol–water partition coefficient (Wildman–Crippen LogP) is 3.06. The third-order valence-electron chi connectivity index (χ3n) is 3.81. The summed E-state index contributed by atoms with van der Waals surface area (Å²) in [5.41, 5.74) is 1.28. The quantitative estimate of drug-likeness (QED) is 0.656. The van der Waals surface area contributed by atoms with Crippen molar-refractivity contribution in [3.05, 3.63) is 64.7 Å². The Morgan fingerprint density at radius 2 is 1.92 bits per heavy atom. The number of halogens is 1. The van der Waals surface area contributed by atoms with Crippen LogP contribution in [0, 0.1) is 0 Å². The topological polar surface area (TPSA) is 88.0 Å². The molecule has 0 heterocycles. The van der Waals surface area contributed by atoms with Crippen LogP contribution >= 0.6 is 11.6 Å². The Balaban J connectivity index is 1.75. The number of nitrogens with one attached hydrogen (secondary N) is 1. The number of carbonyl (C=O) groups is 1. The van der Waals surface area contributed by atoms with Crippen molar-refractivity contribution < 1.29 is 24.5 Å². The molecule has 0 aliphatic rings. The third-order valence-corrected chi connectivity index (χ3v) is 4.14. The molecule has 0 fully saturated rings. The summed E-state index contributed by atoms with van der Waals surface area (Å²) < 4.78 is 10.1. The first kappa shape index (κ1) is 20.0. The van der Waals surface area contributed by atoms with Crippen LogP contribution in [0.15, 0.2) is 48.5 Å². The highest BCUT2D eigenvalue weighted by Crippen LogP contribution is 2.29. The van der Waals surface area contributed by atoms with Crippen molar-refractivity contribution in [2.75, 3.05) is 13.7 Å². The molecule has 3 N–H and O–H groups in total. The van der Waals surface area contributed by atoms with Gasteiger partial charge >= 0.3 is 6.09 Å². The second kappa shape index (κ2) is 10.0. The Hall–Kier alpha value is -2.28. The van der Waals surface area contributed by atoms with Crippen molar-refractivity contribution >= 4 is 17.7 Å². The largest absolute Gasteiger partial charge is 0.497 e. The predicted molar refractivity (Wildman–Crippen MR) is 98.2 cm³/mol. The molecule has 0 aromatic heterocycles. The molecule has 0 radical (unpaired) electrons. The van der Waals surface area contributed by atoms with Crippen molar-refractivity contribution in [3.63, 3.8) is 0 Å². The van der Waals surface area contributed by atoms with E-state index in [0.717, 1.165) is 5.56 Å². The lowest BCUT2D eigenvalue weighted by Gasteiger charge is -2.19. The fourth-order valence-electron chi connectivity index (χ4n) is 2.34.